The SMILES string of the molecule is C/C(=C/CC[C@@H](C)[C@H]1CC[C@@]2(C)[C@@H]3CC=C4[C@@H](CC[C@H](O[C@@H]5O[C@H](CO)[C@@H](O)[C@H](O)[C@H]5O)C4(C)C)[C@]3(C)C(=O)C[C@]12C)CO[C@@H]1O[C@H](CO)[C@@H](O)[C@H](O)[C@H]1O[C@@H]1O[C@H](CO)[C@@H](O)[C@H](O)[C@H]1O. The van der Waals surface area contributed by atoms with Gasteiger partial charge in [-0.25, -0.2) is 0 Å². The van der Waals surface area contributed by atoms with E-state index in [1.54, 1.807) is 0 Å². The number of rotatable bonds is 14. The van der Waals surface area contributed by atoms with E-state index in [1.165, 1.54) is 5.57 Å². The highest BCUT2D eigenvalue weighted by molar-refractivity contribution is 5.88. The summed E-state index contributed by atoms with van der Waals surface area (Å²) >= 11 is 0. The Labute approximate surface area is 387 Å². The molecule has 3 saturated carbocycles. The van der Waals surface area contributed by atoms with E-state index in [1.807, 2.05) is 6.92 Å². The summed E-state index contributed by atoms with van der Waals surface area (Å²) in [4.78, 5) is 14.9. The predicted octanol–water partition coefficient (Wildman–Crippen LogP) is -0.0410. The quantitative estimate of drug-likeness (QED) is 0.102. The largest absolute Gasteiger partial charge is 0.394 e. The van der Waals surface area contributed by atoms with Crippen LogP contribution in [-0.4, -0.2) is 187 Å². The van der Waals surface area contributed by atoms with Crippen molar-refractivity contribution in [2.75, 3.05) is 26.4 Å². The second kappa shape index (κ2) is 19.9. The average molecular weight is 943 g/mol. The van der Waals surface area contributed by atoms with Crippen LogP contribution in [0.25, 0.3) is 0 Å². The second-order valence-electron chi connectivity index (χ2n) is 21.9. The highest BCUT2D eigenvalue weighted by atomic mass is 16.8. The Morgan fingerprint density at radius 1 is 0.727 bits per heavy atom. The topological polar surface area (TPSA) is 295 Å². The Balaban J connectivity index is 0.985. The number of hydrogen-bond donors (Lipinski definition) is 11. The highest BCUT2D eigenvalue weighted by Gasteiger charge is 2.70. The molecule has 378 valence electrons. The summed E-state index contributed by atoms with van der Waals surface area (Å²) < 4.78 is 35.2. The van der Waals surface area contributed by atoms with E-state index < -0.39 is 129 Å². The van der Waals surface area contributed by atoms with Crippen LogP contribution in [0.3, 0.4) is 0 Å². The molecule has 0 bridgehead atoms. The molecule has 0 aromatic rings. The van der Waals surface area contributed by atoms with E-state index in [4.69, 9.17) is 28.4 Å². The van der Waals surface area contributed by atoms with Crippen molar-refractivity contribution in [3.8, 4) is 0 Å². The van der Waals surface area contributed by atoms with Gasteiger partial charge in [-0.05, 0) is 86.4 Å². The summed E-state index contributed by atoms with van der Waals surface area (Å²) in [7, 11) is 0. The molecule has 3 aliphatic heterocycles. The molecule has 4 aliphatic carbocycles. The molecule has 0 unspecified atom stereocenters. The molecule has 66 heavy (non-hydrogen) atoms. The minimum absolute atomic E-state index is 0.0121. The van der Waals surface area contributed by atoms with Crippen molar-refractivity contribution < 1.29 is 89.4 Å². The Morgan fingerprint density at radius 3 is 1.85 bits per heavy atom. The third kappa shape index (κ3) is 8.83. The molecule has 6 fully saturated rings. The van der Waals surface area contributed by atoms with Crippen LogP contribution in [0.1, 0.15) is 99.8 Å². The Morgan fingerprint density at radius 2 is 1.27 bits per heavy atom. The first-order valence-electron chi connectivity index (χ1n) is 24.1. The summed E-state index contributed by atoms with van der Waals surface area (Å²) in [6, 6.07) is 0. The third-order valence-electron chi connectivity index (χ3n) is 18.0. The molecule has 0 spiro atoms. The van der Waals surface area contributed by atoms with Gasteiger partial charge >= 0.3 is 0 Å². The fourth-order valence-electron chi connectivity index (χ4n) is 13.7. The third-order valence-corrected chi connectivity index (χ3v) is 18.0. The van der Waals surface area contributed by atoms with Gasteiger partial charge in [-0.2, -0.15) is 0 Å². The highest BCUT2D eigenvalue weighted by Crippen LogP contribution is 2.74. The lowest BCUT2D eigenvalue weighted by Crippen LogP contribution is -2.64. The van der Waals surface area contributed by atoms with Crippen LogP contribution in [0.4, 0.5) is 0 Å². The summed E-state index contributed by atoms with van der Waals surface area (Å²) in [5.74, 6) is 1.06. The molecule has 0 aromatic heterocycles. The number of ether oxygens (including phenoxy) is 6. The molecular weight excluding hydrogens is 865 g/mol. The molecule has 11 N–H and O–H groups in total. The first kappa shape index (κ1) is 52.3. The van der Waals surface area contributed by atoms with Crippen LogP contribution in [0.15, 0.2) is 23.3 Å². The number of aliphatic hydroxyl groups is 11. The van der Waals surface area contributed by atoms with Gasteiger partial charge in [0.15, 0.2) is 18.9 Å². The maximum Gasteiger partial charge on any atom is 0.187 e. The normalized spacial score (nSPS) is 50.0. The van der Waals surface area contributed by atoms with Crippen LogP contribution in [0.5, 0.6) is 0 Å². The fraction of sp³-hybridized carbons (Fsp3) is 0.896. The number of hydrogen-bond acceptors (Lipinski definition) is 18. The summed E-state index contributed by atoms with van der Waals surface area (Å²) in [6.07, 6.45) is -12.0. The van der Waals surface area contributed by atoms with Crippen molar-refractivity contribution in [3.63, 3.8) is 0 Å². The van der Waals surface area contributed by atoms with Crippen LogP contribution in [-0.2, 0) is 33.2 Å². The van der Waals surface area contributed by atoms with Gasteiger partial charge in [-0.3, -0.25) is 4.79 Å². The number of allylic oxidation sites excluding steroid dienone is 2. The second-order valence-corrected chi connectivity index (χ2v) is 21.9. The number of carbonyl (C=O) groups is 1. The molecule has 7 aliphatic rings. The smallest absolute Gasteiger partial charge is 0.187 e. The molecule has 18 nitrogen and oxygen atoms in total. The molecule has 3 heterocycles. The molecule has 0 aromatic carbocycles. The van der Waals surface area contributed by atoms with E-state index in [-0.39, 0.29) is 29.3 Å². The monoisotopic (exact) mass is 943 g/mol. The zero-order valence-corrected chi connectivity index (χ0v) is 39.5. The standard InChI is InChI=1S/C48H78O18/c1-22(21-61-44-41(38(58)35(55)29(20-51)64-44)66-43-40(60)37(57)34(54)28(19-50)63-43)9-8-10-23(2)24-15-16-46(5)30-13-11-25-26(48(30,7)31(52)17-47(24,46)6)12-14-32(45(25,3)4)65-42-39(59)36(56)33(53)27(18-49)62-42/h9,11,23-24,26-30,32-44,49-51,53-60H,8,10,12-21H2,1-7H3/b22-9-/t23-,24-,26-,27-,28-,29-,30+,32+,33-,34-,35-,36+,37+,38+,39-,40-,41-,42+,43+,44-,46+,47-,48+/m1/s1. The minimum atomic E-state index is -1.77. The average Bonchev–Trinajstić information content (AvgIpc) is 3.55. The Kier molecular flexibility index (Phi) is 15.8. The van der Waals surface area contributed by atoms with Crippen molar-refractivity contribution in [3.05, 3.63) is 23.3 Å². The predicted molar refractivity (Wildman–Crippen MR) is 233 cm³/mol. The maximum atomic E-state index is 14.9. The molecular formula is C48H78O18. The fourth-order valence-corrected chi connectivity index (χ4v) is 13.7. The Bertz CT molecular complexity index is 1760. The number of carbonyl (C=O) groups excluding carboxylic acids is 1. The van der Waals surface area contributed by atoms with Gasteiger partial charge in [0.1, 0.15) is 79.0 Å². The lowest BCUT2D eigenvalue weighted by molar-refractivity contribution is -0.366. The lowest BCUT2D eigenvalue weighted by Gasteiger charge is -2.65. The number of ketones is 1. The van der Waals surface area contributed by atoms with E-state index in [2.05, 4.69) is 53.7 Å². The van der Waals surface area contributed by atoms with E-state index in [9.17, 15) is 61.0 Å². The van der Waals surface area contributed by atoms with Gasteiger partial charge < -0.3 is 84.6 Å². The van der Waals surface area contributed by atoms with Gasteiger partial charge in [-0.1, -0.05) is 64.8 Å². The van der Waals surface area contributed by atoms with Crippen molar-refractivity contribution in [2.24, 2.45) is 45.3 Å². The number of aliphatic hydroxyl groups excluding tert-OH is 11. The van der Waals surface area contributed by atoms with Crippen LogP contribution in [0, 0.1) is 45.3 Å². The first-order chi connectivity index (χ1) is 31.0. The van der Waals surface area contributed by atoms with Crippen LogP contribution < -0.4 is 0 Å². The van der Waals surface area contributed by atoms with Crippen LogP contribution in [0.2, 0.25) is 0 Å². The van der Waals surface area contributed by atoms with Crippen molar-refractivity contribution in [1.29, 1.82) is 0 Å². The van der Waals surface area contributed by atoms with E-state index in [0.717, 1.165) is 37.7 Å². The molecule has 23 atom stereocenters. The van der Waals surface area contributed by atoms with E-state index >= 15 is 0 Å². The number of fused-ring (bicyclic) bond motifs is 5. The summed E-state index contributed by atoms with van der Waals surface area (Å²) in [5.41, 5.74) is 0.593. The van der Waals surface area contributed by atoms with Gasteiger partial charge in [0, 0.05) is 17.3 Å². The zero-order chi connectivity index (χ0) is 48.4. The maximum absolute atomic E-state index is 14.9. The number of Topliss-reactive ketones (excluding diaryl/α,β-unsaturated/α-hetero) is 1. The first-order valence-corrected chi connectivity index (χ1v) is 24.1. The van der Waals surface area contributed by atoms with Gasteiger partial charge in [-0.15, -0.1) is 0 Å². The summed E-state index contributed by atoms with van der Waals surface area (Å²) in [6.45, 7) is 13.5. The Hall–Kier alpha value is -1.53. The zero-order valence-electron chi connectivity index (χ0n) is 39.5. The summed E-state index contributed by atoms with van der Waals surface area (Å²) in [5, 5.41) is 113. The minimum Gasteiger partial charge on any atom is -0.394 e. The van der Waals surface area contributed by atoms with Crippen LogP contribution >= 0.6 is 0 Å². The molecule has 3 saturated heterocycles. The molecule has 18 heteroatoms. The van der Waals surface area contributed by atoms with Crippen molar-refractivity contribution in [2.45, 2.75) is 198 Å². The van der Waals surface area contributed by atoms with Gasteiger partial charge in [0.05, 0.1) is 32.5 Å². The molecule has 7 rings (SSSR count). The van der Waals surface area contributed by atoms with Crippen molar-refractivity contribution in [1.82, 2.24) is 0 Å². The van der Waals surface area contributed by atoms with Gasteiger partial charge in [0.25, 0.3) is 0 Å². The molecule has 0 amide bonds. The lowest BCUT2D eigenvalue weighted by atomic mass is 9.38. The van der Waals surface area contributed by atoms with E-state index in [0.29, 0.717) is 36.9 Å². The van der Waals surface area contributed by atoms with Gasteiger partial charge in [0.2, 0.25) is 0 Å². The molecule has 0 radical (unpaired) electrons. The van der Waals surface area contributed by atoms with Crippen molar-refractivity contribution >= 4 is 5.78 Å².